The van der Waals surface area contributed by atoms with Gasteiger partial charge in [0.05, 0.1) is 0 Å². The van der Waals surface area contributed by atoms with Gasteiger partial charge in [0.25, 0.3) is 6.01 Å². The number of aromatic carboxylic acids is 1. The highest BCUT2D eigenvalue weighted by Gasteiger charge is 2.10. The normalized spacial score (nSPS) is 10.9. The highest BCUT2D eigenvalue weighted by atomic mass is 16.5. The number of carboxylic acid groups (broad SMARTS) is 1. The fraction of sp³-hybridized carbons (Fsp3) is 0.188. The van der Waals surface area contributed by atoms with Gasteiger partial charge >= 0.3 is 5.97 Å². The first-order valence-electron chi connectivity index (χ1n) is 7.05. The molecule has 0 saturated heterocycles. The van der Waals surface area contributed by atoms with Gasteiger partial charge in [-0.2, -0.15) is 4.98 Å². The number of carbonyl (C=O) groups is 1. The molecule has 0 spiro atoms. The molecule has 7 nitrogen and oxygen atoms in total. The number of hydrogen-bond acceptors (Lipinski definition) is 6. The molecule has 2 N–H and O–H groups in total. The molecule has 2 aromatic heterocycles. The minimum Gasteiger partial charge on any atom is -0.477 e. The summed E-state index contributed by atoms with van der Waals surface area (Å²) in [4.78, 5) is 19.0. The summed E-state index contributed by atoms with van der Waals surface area (Å²) >= 11 is 0. The van der Waals surface area contributed by atoms with Crippen molar-refractivity contribution < 1.29 is 19.1 Å². The van der Waals surface area contributed by atoms with Gasteiger partial charge in [-0.1, -0.05) is 0 Å². The first-order chi connectivity index (χ1) is 11.0. The largest absolute Gasteiger partial charge is 0.477 e. The van der Waals surface area contributed by atoms with E-state index < -0.39 is 5.97 Å². The molecule has 0 aliphatic carbocycles. The van der Waals surface area contributed by atoms with E-state index in [0.29, 0.717) is 28.6 Å². The maximum absolute atomic E-state index is 10.9. The molecule has 1 aromatic carbocycles. The summed E-state index contributed by atoms with van der Waals surface area (Å²) in [6.45, 7) is 3.99. The lowest BCUT2D eigenvalue weighted by Gasteiger charge is -2.05. The van der Waals surface area contributed by atoms with Crippen LogP contribution in [0, 0.1) is 0 Å². The van der Waals surface area contributed by atoms with E-state index in [9.17, 15) is 4.79 Å². The lowest BCUT2D eigenvalue weighted by Crippen LogP contribution is -2.09. The molecule has 3 rings (SSSR count). The molecule has 0 amide bonds. The monoisotopic (exact) mass is 313 g/mol. The van der Waals surface area contributed by atoms with Crippen molar-refractivity contribution in [3.63, 3.8) is 0 Å². The van der Waals surface area contributed by atoms with E-state index >= 15 is 0 Å². The average Bonchev–Trinajstić information content (AvgIpc) is 2.88. The zero-order valence-electron chi connectivity index (χ0n) is 12.6. The number of benzene rings is 1. The quantitative estimate of drug-likeness (QED) is 0.743. The number of ether oxygens (including phenoxy) is 1. The zero-order chi connectivity index (χ0) is 16.4. The fourth-order valence-electron chi connectivity index (χ4n) is 2.00. The number of fused-ring (bicyclic) bond motifs is 1. The summed E-state index contributed by atoms with van der Waals surface area (Å²) in [6, 6.07) is 8.83. The number of anilines is 1. The van der Waals surface area contributed by atoms with Crippen LogP contribution in [0.5, 0.6) is 11.5 Å². The SMILES string of the molecule is CC(C)Nc1nc2ccc(Oc3ccnc(C(=O)O)c3)cc2o1. The zero-order valence-corrected chi connectivity index (χ0v) is 12.6. The summed E-state index contributed by atoms with van der Waals surface area (Å²) in [7, 11) is 0. The van der Waals surface area contributed by atoms with Crippen LogP contribution in [0.4, 0.5) is 6.01 Å². The van der Waals surface area contributed by atoms with Gasteiger partial charge in [0, 0.05) is 24.4 Å². The summed E-state index contributed by atoms with van der Waals surface area (Å²) < 4.78 is 11.3. The third-order valence-corrected chi connectivity index (χ3v) is 2.96. The van der Waals surface area contributed by atoms with Crippen LogP contribution in [0.1, 0.15) is 24.3 Å². The standard InChI is InChI=1S/C16H15N3O4/c1-9(2)18-16-19-12-4-3-10(8-14(12)23-16)22-11-5-6-17-13(7-11)15(20)21/h3-9H,1-2H3,(H,18,19)(H,20,21). The first-order valence-corrected chi connectivity index (χ1v) is 7.05. The van der Waals surface area contributed by atoms with E-state index in [1.807, 2.05) is 13.8 Å². The Bertz CT molecular complexity index is 857. The number of carboxylic acids is 1. The minimum absolute atomic E-state index is 0.0772. The van der Waals surface area contributed by atoms with Crippen LogP contribution in [0.3, 0.4) is 0 Å². The van der Waals surface area contributed by atoms with Crippen molar-refractivity contribution in [2.24, 2.45) is 0 Å². The molecule has 23 heavy (non-hydrogen) atoms. The molecular formula is C16H15N3O4. The molecular weight excluding hydrogens is 298 g/mol. The predicted molar refractivity (Wildman–Crippen MR) is 84.0 cm³/mol. The van der Waals surface area contributed by atoms with Gasteiger partial charge in [-0.3, -0.25) is 0 Å². The molecule has 3 aromatic rings. The van der Waals surface area contributed by atoms with Gasteiger partial charge in [0.15, 0.2) is 11.3 Å². The highest BCUT2D eigenvalue weighted by Crippen LogP contribution is 2.27. The van der Waals surface area contributed by atoms with E-state index in [-0.39, 0.29) is 11.7 Å². The van der Waals surface area contributed by atoms with Crippen LogP contribution >= 0.6 is 0 Å². The summed E-state index contributed by atoms with van der Waals surface area (Å²) in [5, 5.41) is 12.0. The van der Waals surface area contributed by atoms with E-state index in [2.05, 4.69) is 15.3 Å². The number of hydrogen-bond donors (Lipinski definition) is 2. The molecule has 0 fully saturated rings. The second kappa shape index (κ2) is 5.96. The molecule has 118 valence electrons. The summed E-state index contributed by atoms with van der Waals surface area (Å²) in [6.07, 6.45) is 1.39. The van der Waals surface area contributed by atoms with Crippen molar-refractivity contribution in [2.75, 3.05) is 5.32 Å². The molecule has 0 aliphatic rings. The predicted octanol–water partition coefficient (Wildman–Crippen LogP) is 3.53. The second-order valence-corrected chi connectivity index (χ2v) is 5.23. The highest BCUT2D eigenvalue weighted by molar-refractivity contribution is 5.85. The first kappa shape index (κ1) is 14.8. The third-order valence-electron chi connectivity index (χ3n) is 2.96. The van der Waals surface area contributed by atoms with Crippen LogP contribution in [-0.4, -0.2) is 27.1 Å². The fourth-order valence-corrected chi connectivity index (χ4v) is 2.00. The van der Waals surface area contributed by atoms with E-state index in [0.717, 1.165) is 0 Å². The lowest BCUT2D eigenvalue weighted by atomic mass is 10.3. The Hall–Kier alpha value is -3.09. The average molecular weight is 313 g/mol. The van der Waals surface area contributed by atoms with Crippen molar-refractivity contribution >= 4 is 23.1 Å². The molecule has 7 heteroatoms. The maximum Gasteiger partial charge on any atom is 0.354 e. The number of oxazole rings is 1. The van der Waals surface area contributed by atoms with E-state index in [4.69, 9.17) is 14.3 Å². The van der Waals surface area contributed by atoms with E-state index in [1.165, 1.54) is 12.3 Å². The molecule has 0 bridgehead atoms. The smallest absolute Gasteiger partial charge is 0.354 e. The van der Waals surface area contributed by atoms with Crippen molar-refractivity contribution in [3.05, 3.63) is 42.2 Å². The Labute approximate surface area is 131 Å². The van der Waals surface area contributed by atoms with Crippen LogP contribution in [0.25, 0.3) is 11.1 Å². The minimum atomic E-state index is -1.11. The topological polar surface area (TPSA) is 97.5 Å². The second-order valence-electron chi connectivity index (χ2n) is 5.23. The number of nitrogens with one attached hydrogen (secondary N) is 1. The third kappa shape index (κ3) is 3.39. The summed E-state index contributed by atoms with van der Waals surface area (Å²) in [5.74, 6) is -0.199. The Balaban J connectivity index is 1.85. The molecule has 0 saturated carbocycles. The number of rotatable bonds is 5. The summed E-state index contributed by atoms with van der Waals surface area (Å²) in [5.41, 5.74) is 1.21. The van der Waals surface area contributed by atoms with Crippen molar-refractivity contribution in [1.29, 1.82) is 0 Å². The molecule has 0 aliphatic heterocycles. The van der Waals surface area contributed by atoms with Gasteiger partial charge in [0.2, 0.25) is 0 Å². The van der Waals surface area contributed by atoms with Gasteiger partial charge in [-0.25, -0.2) is 9.78 Å². The Morgan fingerprint density at radius 2 is 2.04 bits per heavy atom. The number of pyridine rings is 1. The van der Waals surface area contributed by atoms with Crippen molar-refractivity contribution in [2.45, 2.75) is 19.9 Å². The van der Waals surface area contributed by atoms with Crippen LogP contribution < -0.4 is 10.1 Å². The molecule has 0 radical (unpaired) electrons. The number of aromatic nitrogens is 2. The van der Waals surface area contributed by atoms with E-state index in [1.54, 1.807) is 24.3 Å². The van der Waals surface area contributed by atoms with Crippen LogP contribution in [0.2, 0.25) is 0 Å². The van der Waals surface area contributed by atoms with Crippen LogP contribution in [0.15, 0.2) is 40.9 Å². The molecule has 0 unspecified atom stereocenters. The van der Waals surface area contributed by atoms with Crippen LogP contribution in [-0.2, 0) is 0 Å². The Kier molecular flexibility index (Phi) is 3.84. The van der Waals surface area contributed by atoms with Gasteiger partial charge in [-0.15, -0.1) is 0 Å². The maximum atomic E-state index is 10.9. The molecule has 2 heterocycles. The van der Waals surface area contributed by atoms with Crippen molar-refractivity contribution in [3.8, 4) is 11.5 Å². The van der Waals surface area contributed by atoms with Gasteiger partial charge in [-0.05, 0) is 32.0 Å². The number of nitrogens with zero attached hydrogens (tertiary/aromatic N) is 2. The Morgan fingerprint density at radius 1 is 1.26 bits per heavy atom. The molecule has 0 atom stereocenters. The van der Waals surface area contributed by atoms with Gasteiger partial charge in [0.1, 0.15) is 17.0 Å². The van der Waals surface area contributed by atoms with Crippen molar-refractivity contribution in [1.82, 2.24) is 9.97 Å². The van der Waals surface area contributed by atoms with Gasteiger partial charge < -0.3 is 19.6 Å². The Morgan fingerprint density at radius 3 is 2.78 bits per heavy atom. The lowest BCUT2D eigenvalue weighted by molar-refractivity contribution is 0.0690.